The van der Waals surface area contributed by atoms with Gasteiger partial charge < -0.3 is 9.47 Å². The average Bonchev–Trinajstić information content (AvgIpc) is 2.79. The number of esters is 1. The number of carbonyl (C=O) groups is 2. The molecule has 2 rings (SSSR count). The predicted octanol–water partition coefficient (Wildman–Crippen LogP) is 5.68. The van der Waals surface area contributed by atoms with Crippen LogP contribution in [0.3, 0.4) is 0 Å². The normalized spacial score (nSPS) is 12.7. The molecule has 174 valence electrons. The number of aryl methyl sites for hydroxylation is 1. The van der Waals surface area contributed by atoms with Gasteiger partial charge in [-0.15, -0.1) is 0 Å². The largest absolute Gasteiger partial charge is 0.443 e. The Morgan fingerprint density at radius 1 is 1.00 bits per heavy atom. The van der Waals surface area contributed by atoms with Gasteiger partial charge in [-0.25, -0.2) is 22.8 Å². The molecule has 0 saturated carbocycles. The summed E-state index contributed by atoms with van der Waals surface area (Å²) in [7, 11) is 0. The first-order chi connectivity index (χ1) is 15.3. The van der Waals surface area contributed by atoms with Crippen LogP contribution in [0.4, 0.5) is 32.4 Å². The van der Waals surface area contributed by atoms with E-state index in [4.69, 9.17) is 6.11 Å². The van der Waals surface area contributed by atoms with E-state index < -0.39 is 58.5 Å². The quantitative estimate of drug-likeness (QED) is 0.189. The van der Waals surface area contributed by atoms with Crippen LogP contribution in [0.25, 0.3) is 0 Å². The minimum absolute atomic E-state index is 0.139. The van der Waals surface area contributed by atoms with Gasteiger partial charge in [0.1, 0.15) is 11.6 Å². The van der Waals surface area contributed by atoms with Gasteiger partial charge in [-0.2, -0.15) is 8.78 Å². The Hall–Kier alpha value is -3.17. The molecule has 0 spiro atoms. The second kappa shape index (κ2) is 9.54. The number of carbonyl (C=O) groups excluding carboxylic acids is 2. The Morgan fingerprint density at radius 3 is 1.97 bits per heavy atom. The minimum Gasteiger partial charge on any atom is -0.443 e. The zero-order chi connectivity index (χ0) is 25.1. The van der Waals surface area contributed by atoms with E-state index >= 15 is 0 Å². The Morgan fingerprint density at radius 2 is 1.50 bits per heavy atom. The van der Waals surface area contributed by atoms with E-state index in [1.54, 1.807) is 12.1 Å². The average molecular weight is 460 g/mol. The molecule has 0 unspecified atom stereocenters. The molecule has 32 heavy (non-hydrogen) atoms. The summed E-state index contributed by atoms with van der Waals surface area (Å²) < 4.78 is 85.2. The SMILES string of the molecule is [2H]CC(C)(C)OC(=O)N(c1ccc(CC)cc1)[C@@H](C)C(=O)Oc1c(F)c(F)c(F)c(F)c1F. The van der Waals surface area contributed by atoms with Crippen molar-refractivity contribution in [3.63, 3.8) is 0 Å². The van der Waals surface area contributed by atoms with Crippen molar-refractivity contribution in [1.29, 1.82) is 0 Å². The van der Waals surface area contributed by atoms with E-state index in [1.807, 2.05) is 6.92 Å². The summed E-state index contributed by atoms with van der Waals surface area (Å²) in [6, 6.07) is 4.67. The molecule has 5 nitrogen and oxygen atoms in total. The minimum atomic E-state index is -2.41. The van der Waals surface area contributed by atoms with Crippen LogP contribution < -0.4 is 9.64 Å². The van der Waals surface area contributed by atoms with Crippen molar-refractivity contribution in [2.45, 2.75) is 52.7 Å². The molecule has 0 saturated heterocycles. The molecule has 0 aliphatic heterocycles. The smallest absolute Gasteiger partial charge is 0.415 e. The second-order valence-corrected chi connectivity index (χ2v) is 7.51. The molecular weight excluding hydrogens is 437 g/mol. The lowest BCUT2D eigenvalue weighted by Gasteiger charge is -2.30. The molecule has 0 N–H and O–H groups in total. The fourth-order valence-electron chi connectivity index (χ4n) is 2.63. The molecule has 1 amide bonds. The molecule has 10 heteroatoms. The highest BCUT2D eigenvalue weighted by molar-refractivity contribution is 5.96. The van der Waals surface area contributed by atoms with Gasteiger partial charge in [-0.3, -0.25) is 4.90 Å². The van der Waals surface area contributed by atoms with Crippen LogP contribution in [-0.2, 0) is 16.0 Å². The molecule has 0 aromatic heterocycles. The summed E-state index contributed by atoms with van der Waals surface area (Å²) in [5.41, 5.74) is -0.209. The highest BCUT2D eigenvalue weighted by Gasteiger charge is 2.35. The zero-order valence-corrected chi connectivity index (χ0v) is 17.8. The Balaban J connectivity index is 2.44. The molecule has 0 fully saturated rings. The van der Waals surface area contributed by atoms with Crippen LogP contribution in [-0.4, -0.2) is 23.7 Å². The fourth-order valence-corrected chi connectivity index (χ4v) is 2.63. The number of hydrogen-bond acceptors (Lipinski definition) is 4. The number of halogens is 5. The summed E-state index contributed by atoms with van der Waals surface area (Å²) >= 11 is 0. The summed E-state index contributed by atoms with van der Waals surface area (Å²) in [5, 5.41) is 0. The maximum absolute atomic E-state index is 13.9. The van der Waals surface area contributed by atoms with E-state index in [0.717, 1.165) is 17.4 Å². The van der Waals surface area contributed by atoms with Gasteiger partial charge in [-0.1, -0.05) is 19.1 Å². The first-order valence-corrected chi connectivity index (χ1v) is 9.48. The third-order valence-electron chi connectivity index (χ3n) is 4.28. The number of anilines is 1. The molecule has 0 aliphatic rings. The molecule has 0 bridgehead atoms. The number of ether oxygens (including phenoxy) is 2. The third kappa shape index (κ3) is 5.35. The van der Waals surface area contributed by atoms with E-state index in [0.29, 0.717) is 6.42 Å². The summed E-state index contributed by atoms with van der Waals surface area (Å²) in [6.07, 6.45) is -0.410. The van der Waals surface area contributed by atoms with Crippen molar-refractivity contribution in [2.75, 3.05) is 4.90 Å². The standard InChI is InChI=1S/C22H22F5NO4/c1-6-12-7-9-13(10-8-12)28(21(30)32-22(3,4)5)11(2)20(29)31-19-17(26)15(24)14(23)16(25)18(19)27/h7-11H,6H2,1-5H3/t11-/m0/s1/i3D. The van der Waals surface area contributed by atoms with Gasteiger partial charge in [0.2, 0.25) is 34.8 Å². The van der Waals surface area contributed by atoms with Crippen molar-refractivity contribution in [3.8, 4) is 5.75 Å². The van der Waals surface area contributed by atoms with Crippen molar-refractivity contribution in [1.82, 2.24) is 0 Å². The maximum atomic E-state index is 13.9. The number of nitrogens with zero attached hydrogens (tertiary/aromatic N) is 1. The van der Waals surface area contributed by atoms with Crippen molar-refractivity contribution in [2.24, 2.45) is 0 Å². The Kier molecular flexibility index (Phi) is 7.00. The highest BCUT2D eigenvalue weighted by Crippen LogP contribution is 2.30. The lowest BCUT2D eigenvalue weighted by molar-refractivity contribution is -0.136. The van der Waals surface area contributed by atoms with E-state index in [9.17, 15) is 31.5 Å². The number of rotatable bonds is 5. The summed E-state index contributed by atoms with van der Waals surface area (Å²) in [4.78, 5) is 26.3. The Bertz CT molecular complexity index is 1020. The van der Waals surface area contributed by atoms with Crippen LogP contribution in [0.1, 0.15) is 41.5 Å². The fraction of sp³-hybridized carbons (Fsp3) is 0.364. The van der Waals surface area contributed by atoms with Crippen LogP contribution in [0, 0.1) is 29.1 Å². The predicted molar refractivity (Wildman–Crippen MR) is 106 cm³/mol. The lowest BCUT2D eigenvalue weighted by Crippen LogP contribution is -2.47. The zero-order valence-electron chi connectivity index (χ0n) is 18.8. The van der Waals surface area contributed by atoms with Gasteiger partial charge in [0, 0.05) is 7.06 Å². The van der Waals surface area contributed by atoms with Crippen molar-refractivity contribution < 1.29 is 42.4 Å². The van der Waals surface area contributed by atoms with Gasteiger partial charge in [-0.05, 0) is 51.8 Å². The van der Waals surface area contributed by atoms with Crippen LogP contribution in [0.15, 0.2) is 24.3 Å². The third-order valence-corrected chi connectivity index (χ3v) is 4.28. The van der Waals surface area contributed by atoms with Crippen LogP contribution >= 0.6 is 0 Å². The number of hydrogen-bond donors (Lipinski definition) is 0. The molecule has 0 aliphatic carbocycles. The van der Waals surface area contributed by atoms with E-state index in [-0.39, 0.29) is 12.6 Å². The molecule has 2 aromatic rings. The topological polar surface area (TPSA) is 55.8 Å². The van der Waals surface area contributed by atoms with Gasteiger partial charge in [0.05, 0.1) is 0 Å². The highest BCUT2D eigenvalue weighted by atomic mass is 19.2. The molecule has 0 radical (unpaired) electrons. The van der Waals surface area contributed by atoms with Crippen LogP contribution in [0.2, 0.25) is 0 Å². The monoisotopic (exact) mass is 460 g/mol. The van der Waals surface area contributed by atoms with Crippen molar-refractivity contribution >= 4 is 17.7 Å². The molecule has 1 atom stereocenters. The van der Waals surface area contributed by atoms with E-state index in [2.05, 4.69) is 4.74 Å². The van der Waals surface area contributed by atoms with Crippen LogP contribution in [0.5, 0.6) is 5.75 Å². The van der Waals surface area contributed by atoms with Crippen molar-refractivity contribution in [3.05, 3.63) is 58.9 Å². The van der Waals surface area contributed by atoms with Gasteiger partial charge >= 0.3 is 12.1 Å². The number of amides is 1. The number of benzene rings is 2. The lowest BCUT2D eigenvalue weighted by atomic mass is 10.1. The molecular formula is C22H22F5NO4. The summed E-state index contributed by atoms with van der Waals surface area (Å²) in [6.45, 7) is 5.60. The first kappa shape index (κ1) is 23.5. The van der Waals surface area contributed by atoms with Gasteiger partial charge in [0.15, 0.2) is 0 Å². The molecule has 0 heterocycles. The Labute approximate surface area is 183 Å². The molecule has 2 aromatic carbocycles. The maximum Gasteiger partial charge on any atom is 0.415 e. The summed E-state index contributed by atoms with van der Waals surface area (Å²) in [5.74, 6) is -14.9. The second-order valence-electron chi connectivity index (χ2n) is 7.51. The van der Waals surface area contributed by atoms with E-state index in [1.165, 1.54) is 26.0 Å². The van der Waals surface area contributed by atoms with Gasteiger partial charge in [0.25, 0.3) is 0 Å². The first-order valence-electron chi connectivity index (χ1n) is 10.2.